The van der Waals surface area contributed by atoms with E-state index in [-0.39, 0.29) is 11.8 Å². The van der Waals surface area contributed by atoms with Crippen molar-refractivity contribution in [3.8, 4) is 0 Å². The summed E-state index contributed by atoms with van der Waals surface area (Å²) in [7, 11) is 0. The Morgan fingerprint density at radius 2 is 2.13 bits per heavy atom. The molecule has 0 unspecified atom stereocenters. The zero-order chi connectivity index (χ0) is 11.6. The quantitative estimate of drug-likeness (QED) is 0.345. The molecular formula is C8H3ClFNO4. The highest BCUT2D eigenvalue weighted by molar-refractivity contribution is 6.67. The van der Waals surface area contributed by atoms with E-state index in [1.807, 2.05) is 0 Å². The number of nitro benzene ring substituents is 1. The number of benzene rings is 1. The van der Waals surface area contributed by atoms with Crippen LogP contribution in [0.5, 0.6) is 0 Å². The van der Waals surface area contributed by atoms with Crippen LogP contribution in [0.25, 0.3) is 0 Å². The maximum atomic E-state index is 13.1. The van der Waals surface area contributed by atoms with E-state index in [4.69, 9.17) is 11.6 Å². The number of carbonyl (C=O) groups excluding carboxylic acids is 2. The molecule has 0 heterocycles. The van der Waals surface area contributed by atoms with Gasteiger partial charge < -0.3 is 0 Å². The van der Waals surface area contributed by atoms with Crippen LogP contribution >= 0.6 is 11.6 Å². The summed E-state index contributed by atoms with van der Waals surface area (Å²) in [6.45, 7) is 0. The van der Waals surface area contributed by atoms with Gasteiger partial charge in [-0.2, -0.15) is 4.39 Å². The Morgan fingerprint density at radius 3 is 2.53 bits per heavy atom. The molecule has 0 aliphatic rings. The summed E-state index contributed by atoms with van der Waals surface area (Å²) in [5.74, 6) is -1.27. The molecule has 0 bridgehead atoms. The van der Waals surface area contributed by atoms with Crippen molar-refractivity contribution in [1.29, 1.82) is 0 Å². The summed E-state index contributed by atoms with van der Waals surface area (Å²) in [5, 5.41) is 9.38. The van der Waals surface area contributed by atoms with Gasteiger partial charge in [0.15, 0.2) is 6.29 Å². The van der Waals surface area contributed by atoms with E-state index >= 15 is 0 Å². The lowest BCUT2D eigenvalue weighted by Gasteiger charge is -1.99. The lowest BCUT2D eigenvalue weighted by molar-refractivity contribution is -0.387. The second-order valence-corrected chi connectivity index (χ2v) is 2.89. The molecule has 1 aromatic carbocycles. The normalized spacial score (nSPS) is 9.73. The molecule has 0 N–H and O–H groups in total. The number of aldehydes is 1. The Hall–Kier alpha value is -1.82. The van der Waals surface area contributed by atoms with Crippen LogP contribution < -0.4 is 0 Å². The molecule has 1 rings (SSSR count). The van der Waals surface area contributed by atoms with Crippen molar-refractivity contribution < 1.29 is 18.9 Å². The van der Waals surface area contributed by atoms with Crippen LogP contribution in [0.4, 0.5) is 10.1 Å². The van der Waals surface area contributed by atoms with E-state index in [9.17, 15) is 24.1 Å². The molecule has 0 amide bonds. The Morgan fingerprint density at radius 1 is 1.53 bits per heavy atom. The fourth-order valence-corrected chi connectivity index (χ4v) is 1.13. The Kier molecular flexibility index (Phi) is 3.11. The molecule has 0 saturated heterocycles. The zero-order valence-electron chi connectivity index (χ0n) is 7.07. The van der Waals surface area contributed by atoms with Crippen LogP contribution in [0.15, 0.2) is 12.1 Å². The average Bonchev–Trinajstić information content (AvgIpc) is 2.15. The third-order valence-electron chi connectivity index (χ3n) is 1.63. The lowest BCUT2D eigenvalue weighted by Crippen LogP contribution is -2.01. The molecule has 0 aliphatic heterocycles. The lowest BCUT2D eigenvalue weighted by atomic mass is 10.1. The Labute approximate surface area is 87.6 Å². The standard InChI is InChI=1S/C8H3ClFNO4/c9-8(13)4-1-5(3-12)7(11(14)15)6(10)2-4/h1-3H. The second-order valence-electron chi connectivity index (χ2n) is 2.54. The van der Waals surface area contributed by atoms with Crippen LogP contribution in [0.3, 0.4) is 0 Å². The first-order valence-electron chi connectivity index (χ1n) is 3.60. The summed E-state index contributed by atoms with van der Waals surface area (Å²) in [6.07, 6.45) is 0.0878. The van der Waals surface area contributed by atoms with Crippen molar-refractivity contribution in [2.24, 2.45) is 0 Å². The first-order chi connectivity index (χ1) is 6.97. The molecule has 0 spiro atoms. The minimum atomic E-state index is -1.27. The molecule has 0 aliphatic carbocycles. The van der Waals surface area contributed by atoms with E-state index in [0.717, 1.165) is 6.07 Å². The molecule has 0 fully saturated rings. The van der Waals surface area contributed by atoms with Crippen LogP contribution in [-0.4, -0.2) is 16.5 Å². The monoisotopic (exact) mass is 231 g/mol. The number of halogens is 2. The second kappa shape index (κ2) is 4.14. The topological polar surface area (TPSA) is 77.3 Å². The number of hydrogen-bond donors (Lipinski definition) is 0. The van der Waals surface area contributed by atoms with Crippen molar-refractivity contribution in [3.05, 3.63) is 39.2 Å². The molecule has 1 aromatic rings. The van der Waals surface area contributed by atoms with Gasteiger partial charge in [-0.1, -0.05) is 0 Å². The van der Waals surface area contributed by atoms with Crippen LogP contribution in [0.1, 0.15) is 20.7 Å². The highest BCUT2D eigenvalue weighted by atomic mass is 35.5. The molecule has 15 heavy (non-hydrogen) atoms. The van der Waals surface area contributed by atoms with E-state index in [0.29, 0.717) is 6.07 Å². The highest BCUT2D eigenvalue weighted by Crippen LogP contribution is 2.23. The van der Waals surface area contributed by atoms with Crippen LogP contribution in [-0.2, 0) is 0 Å². The third-order valence-corrected chi connectivity index (χ3v) is 1.85. The molecule has 0 aromatic heterocycles. The van der Waals surface area contributed by atoms with Gasteiger partial charge in [0.05, 0.1) is 10.5 Å². The SMILES string of the molecule is O=Cc1cc(C(=O)Cl)cc(F)c1[N+](=O)[O-]. The van der Waals surface area contributed by atoms with Crippen LogP contribution in [0.2, 0.25) is 0 Å². The minimum absolute atomic E-state index is 0.0878. The van der Waals surface area contributed by atoms with E-state index < -0.39 is 27.2 Å². The van der Waals surface area contributed by atoms with Crippen LogP contribution in [0, 0.1) is 15.9 Å². The van der Waals surface area contributed by atoms with E-state index in [1.54, 1.807) is 0 Å². The zero-order valence-corrected chi connectivity index (χ0v) is 7.82. The number of nitrogens with zero attached hydrogens (tertiary/aromatic N) is 1. The van der Waals surface area contributed by atoms with Gasteiger partial charge >= 0.3 is 5.69 Å². The summed E-state index contributed by atoms with van der Waals surface area (Å²) in [6, 6.07) is 1.48. The van der Waals surface area contributed by atoms with Gasteiger partial charge in [-0.05, 0) is 23.7 Å². The molecule has 7 heteroatoms. The summed E-state index contributed by atoms with van der Waals surface area (Å²) in [5.41, 5.74) is -1.79. The minimum Gasteiger partial charge on any atom is -0.298 e. The summed E-state index contributed by atoms with van der Waals surface area (Å²) in [4.78, 5) is 30.4. The van der Waals surface area contributed by atoms with Crippen molar-refractivity contribution in [2.45, 2.75) is 0 Å². The highest BCUT2D eigenvalue weighted by Gasteiger charge is 2.22. The molecule has 0 atom stereocenters. The third kappa shape index (κ3) is 2.16. The molecular weight excluding hydrogens is 229 g/mol. The summed E-state index contributed by atoms with van der Waals surface area (Å²) >= 11 is 5.04. The predicted molar refractivity (Wildman–Crippen MR) is 48.6 cm³/mol. The molecule has 0 saturated carbocycles. The number of carbonyl (C=O) groups is 2. The van der Waals surface area contributed by atoms with Crippen molar-refractivity contribution in [1.82, 2.24) is 0 Å². The maximum Gasteiger partial charge on any atom is 0.315 e. The van der Waals surface area contributed by atoms with Gasteiger partial charge in [0.2, 0.25) is 5.82 Å². The molecule has 5 nitrogen and oxygen atoms in total. The first kappa shape index (κ1) is 11.3. The molecule has 0 radical (unpaired) electrons. The summed E-state index contributed by atoms with van der Waals surface area (Å²) < 4.78 is 13.1. The maximum absolute atomic E-state index is 13.1. The Bertz CT molecular complexity index is 460. The smallest absolute Gasteiger partial charge is 0.298 e. The van der Waals surface area contributed by atoms with Crippen molar-refractivity contribution in [3.63, 3.8) is 0 Å². The predicted octanol–water partition coefficient (Wildman–Crippen LogP) is 1.93. The van der Waals surface area contributed by atoms with Gasteiger partial charge in [0, 0.05) is 5.56 Å². The fourth-order valence-electron chi connectivity index (χ4n) is 1.02. The Balaban J connectivity index is 3.50. The van der Waals surface area contributed by atoms with E-state index in [2.05, 4.69) is 0 Å². The van der Waals surface area contributed by atoms with Crippen molar-refractivity contribution in [2.75, 3.05) is 0 Å². The number of nitro groups is 1. The van der Waals surface area contributed by atoms with E-state index in [1.165, 1.54) is 0 Å². The number of hydrogen-bond acceptors (Lipinski definition) is 4. The van der Waals surface area contributed by atoms with Gasteiger partial charge in [-0.3, -0.25) is 19.7 Å². The van der Waals surface area contributed by atoms with Gasteiger partial charge in [0.25, 0.3) is 5.24 Å². The van der Waals surface area contributed by atoms with Crippen molar-refractivity contribution >= 4 is 28.8 Å². The number of rotatable bonds is 3. The average molecular weight is 232 g/mol. The first-order valence-corrected chi connectivity index (χ1v) is 3.98. The largest absolute Gasteiger partial charge is 0.315 e. The fraction of sp³-hybridized carbons (Fsp3) is 0. The van der Waals surface area contributed by atoms with Gasteiger partial charge in [0.1, 0.15) is 0 Å². The molecule has 78 valence electrons. The van der Waals surface area contributed by atoms with Gasteiger partial charge in [-0.15, -0.1) is 0 Å². The van der Waals surface area contributed by atoms with Gasteiger partial charge in [-0.25, -0.2) is 0 Å².